The number of nitrogens with one attached hydrogen (secondary N) is 2. The van der Waals surface area contributed by atoms with E-state index in [1.807, 2.05) is 30.5 Å². The number of amides is 1. The van der Waals surface area contributed by atoms with E-state index in [4.69, 9.17) is 5.73 Å². The van der Waals surface area contributed by atoms with Gasteiger partial charge in [0.2, 0.25) is 5.91 Å². The average Bonchev–Trinajstić information content (AvgIpc) is 2.98. The molecule has 1 heterocycles. The predicted molar refractivity (Wildman–Crippen MR) is 84.1 cm³/mol. The number of benzene rings is 1. The number of fused-ring (bicyclic) bond motifs is 1. The molecule has 0 unspecified atom stereocenters. The number of rotatable bonds is 3. The summed E-state index contributed by atoms with van der Waals surface area (Å²) in [5, 5.41) is 4.07. The van der Waals surface area contributed by atoms with Gasteiger partial charge in [0.25, 0.3) is 0 Å². The normalized spacial score (nSPS) is 21.6. The second kappa shape index (κ2) is 6.29. The lowest BCUT2D eigenvalue weighted by Gasteiger charge is -2.14. The van der Waals surface area contributed by atoms with Crippen LogP contribution in [0.5, 0.6) is 0 Å². The minimum Gasteiger partial charge on any atom is -0.361 e. The highest BCUT2D eigenvalue weighted by atomic mass is 35.5. The van der Waals surface area contributed by atoms with Crippen molar-refractivity contribution in [3.8, 4) is 0 Å². The second-order valence-electron chi connectivity index (χ2n) is 5.39. The van der Waals surface area contributed by atoms with E-state index in [0.717, 1.165) is 35.9 Å². The molecule has 2 aromatic rings. The summed E-state index contributed by atoms with van der Waals surface area (Å²) >= 11 is 0. The topological polar surface area (TPSA) is 70.9 Å². The lowest BCUT2D eigenvalue weighted by atomic mass is 10.00. The van der Waals surface area contributed by atoms with E-state index >= 15 is 0 Å². The Bertz CT molecular complexity index is 596. The molecule has 0 bridgehead atoms. The van der Waals surface area contributed by atoms with Crippen LogP contribution in [0.15, 0.2) is 30.5 Å². The van der Waals surface area contributed by atoms with Crippen LogP contribution in [-0.4, -0.2) is 16.9 Å². The molecule has 2 atom stereocenters. The van der Waals surface area contributed by atoms with Crippen LogP contribution in [0.3, 0.4) is 0 Å². The number of halogens is 1. The van der Waals surface area contributed by atoms with Crippen LogP contribution >= 0.6 is 12.4 Å². The average molecular weight is 294 g/mol. The summed E-state index contributed by atoms with van der Waals surface area (Å²) in [6.45, 7) is 0. The maximum atomic E-state index is 12.0. The highest BCUT2D eigenvalue weighted by Gasteiger charge is 2.25. The van der Waals surface area contributed by atoms with Crippen molar-refractivity contribution in [3.63, 3.8) is 0 Å². The molecule has 1 aromatic heterocycles. The number of hydrogen-bond acceptors (Lipinski definition) is 2. The highest BCUT2D eigenvalue weighted by molar-refractivity contribution is 5.93. The number of carbonyl (C=O) groups is 1. The van der Waals surface area contributed by atoms with Crippen molar-refractivity contribution in [2.75, 3.05) is 5.32 Å². The summed E-state index contributed by atoms with van der Waals surface area (Å²) in [5.74, 6) is 0.410. The summed E-state index contributed by atoms with van der Waals surface area (Å²) in [4.78, 5) is 15.1. The predicted octanol–water partition coefficient (Wildman–Crippen LogP) is 3.05. The highest BCUT2D eigenvalue weighted by Crippen LogP contribution is 2.27. The van der Waals surface area contributed by atoms with Gasteiger partial charge in [0, 0.05) is 35.2 Å². The molecule has 4 N–H and O–H groups in total. The first-order chi connectivity index (χ1) is 9.22. The molecule has 0 aliphatic heterocycles. The van der Waals surface area contributed by atoms with Gasteiger partial charge in [0.1, 0.15) is 0 Å². The zero-order valence-electron chi connectivity index (χ0n) is 11.3. The summed E-state index contributed by atoms with van der Waals surface area (Å²) in [6.07, 6.45) is 5.70. The molecule has 1 aliphatic carbocycles. The standard InChI is InChI=1S/C15H19N3O.ClH/c16-13-3-1-2-10(13)9-15(19)18-12-4-5-14-11(8-12)6-7-17-14;/h4-8,10,13,17H,1-3,9,16H2,(H,18,19);1H/t10-,13+;/m0./s1. The maximum absolute atomic E-state index is 12.0. The number of anilines is 1. The SMILES string of the molecule is Cl.N[C@@H]1CCC[C@H]1CC(=O)Nc1ccc2[nH]ccc2c1. The van der Waals surface area contributed by atoms with Gasteiger partial charge in [-0.25, -0.2) is 0 Å². The van der Waals surface area contributed by atoms with Crippen molar-refractivity contribution in [1.82, 2.24) is 4.98 Å². The summed E-state index contributed by atoms with van der Waals surface area (Å²) in [6, 6.07) is 8.08. The van der Waals surface area contributed by atoms with Crippen LogP contribution in [-0.2, 0) is 4.79 Å². The number of aromatic nitrogens is 1. The molecule has 3 rings (SSSR count). The largest absolute Gasteiger partial charge is 0.361 e. The smallest absolute Gasteiger partial charge is 0.224 e. The van der Waals surface area contributed by atoms with Crippen LogP contribution in [0.2, 0.25) is 0 Å². The molecule has 0 spiro atoms. The van der Waals surface area contributed by atoms with Gasteiger partial charge in [-0.2, -0.15) is 0 Å². The van der Waals surface area contributed by atoms with Crippen molar-refractivity contribution in [1.29, 1.82) is 0 Å². The Morgan fingerprint density at radius 3 is 2.95 bits per heavy atom. The van der Waals surface area contributed by atoms with Gasteiger partial charge in [-0.3, -0.25) is 4.79 Å². The molecule has 108 valence electrons. The number of nitrogens with two attached hydrogens (primary N) is 1. The molecular formula is C15H20ClN3O. The van der Waals surface area contributed by atoms with E-state index in [1.54, 1.807) is 0 Å². The van der Waals surface area contributed by atoms with E-state index in [-0.39, 0.29) is 24.4 Å². The third-order valence-electron chi connectivity index (χ3n) is 4.00. The summed E-state index contributed by atoms with van der Waals surface area (Å²) in [7, 11) is 0. The molecule has 0 saturated heterocycles. The molecule has 1 aromatic carbocycles. The Kier molecular flexibility index (Phi) is 4.68. The molecule has 1 saturated carbocycles. The monoisotopic (exact) mass is 293 g/mol. The van der Waals surface area contributed by atoms with E-state index < -0.39 is 0 Å². The van der Waals surface area contributed by atoms with E-state index in [1.165, 1.54) is 0 Å². The number of hydrogen-bond donors (Lipinski definition) is 3. The Morgan fingerprint density at radius 2 is 2.20 bits per heavy atom. The molecular weight excluding hydrogens is 274 g/mol. The van der Waals surface area contributed by atoms with E-state index in [9.17, 15) is 4.79 Å². The number of H-pyrrole nitrogens is 1. The lowest BCUT2D eigenvalue weighted by molar-refractivity contribution is -0.117. The fraction of sp³-hybridized carbons (Fsp3) is 0.400. The molecule has 0 radical (unpaired) electrons. The van der Waals surface area contributed by atoms with Crippen LogP contribution in [0.25, 0.3) is 10.9 Å². The second-order valence-corrected chi connectivity index (χ2v) is 5.39. The van der Waals surface area contributed by atoms with Crippen molar-refractivity contribution in [2.45, 2.75) is 31.7 Å². The van der Waals surface area contributed by atoms with Gasteiger partial charge < -0.3 is 16.0 Å². The Balaban J connectivity index is 0.00000147. The first-order valence-corrected chi connectivity index (χ1v) is 6.85. The zero-order valence-corrected chi connectivity index (χ0v) is 12.1. The summed E-state index contributed by atoms with van der Waals surface area (Å²) < 4.78 is 0. The quantitative estimate of drug-likeness (QED) is 0.814. The van der Waals surface area contributed by atoms with Crippen molar-refractivity contribution < 1.29 is 4.79 Å². The maximum Gasteiger partial charge on any atom is 0.224 e. The lowest BCUT2D eigenvalue weighted by Crippen LogP contribution is -2.28. The van der Waals surface area contributed by atoms with Crippen LogP contribution in [0, 0.1) is 5.92 Å². The van der Waals surface area contributed by atoms with Crippen LogP contribution in [0.1, 0.15) is 25.7 Å². The van der Waals surface area contributed by atoms with Gasteiger partial charge in [0.05, 0.1) is 0 Å². The zero-order chi connectivity index (χ0) is 13.2. The fourth-order valence-corrected chi connectivity index (χ4v) is 2.90. The third-order valence-corrected chi connectivity index (χ3v) is 4.00. The molecule has 1 amide bonds. The van der Waals surface area contributed by atoms with Gasteiger partial charge in [-0.05, 0) is 43.0 Å². The van der Waals surface area contributed by atoms with Gasteiger partial charge in [-0.1, -0.05) is 6.42 Å². The van der Waals surface area contributed by atoms with Crippen molar-refractivity contribution >= 4 is 34.9 Å². The van der Waals surface area contributed by atoms with E-state index in [2.05, 4.69) is 10.3 Å². The fourth-order valence-electron chi connectivity index (χ4n) is 2.90. The minimum absolute atomic E-state index is 0. The van der Waals surface area contributed by atoms with Gasteiger partial charge in [0.15, 0.2) is 0 Å². The first-order valence-electron chi connectivity index (χ1n) is 6.85. The first kappa shape index (κ1) is 14.9. The molecule has 1 aliphatic rings. The summed E-state index contributed by atoms with van der Waals surface area (Å²) in [5.41, 5.74) is 7.93. The van der Waals surface area contributed by atoms with Gasteiger partial charge >= 0.3 is 0 Å². The Hall–Kier alpha value is -1.52. The van der Waals surface area contributed by atoms with Crippen LogP contribution < -0.4 is 11.1 Å². The molecule has 1 fully saturated rings. The number of carbonyl (C=O) groups excluding carboxylic acids is 1. The third kappa shape index (κ3) is 3.14. The molecule has 5 heteroatoms. The van der Waals surface area contributed by atoms with E-state index in [0.29, 0.717) is 12.3 Å². The van der Waals surface area contributed by atoms with Crippen molar-refractivity contribution in [3.05, 3.63) is 30.5 Å². The molecule has 4 nitrogen and oxygen atoms in total. The van der Waals surface area contributed by atoms with Gasteiger partial charge in [-0.15, -0.1) is 12.4 Å². The van der Waals surface area contributed by atoms with Crippen molar-refractivity contribution in [2.24, 2.45) is 11.7 Å². The minimum atomic E-state index is 0. The van der Waals surface area contributed by atoms with Crippen LogP contribution in [0.4, 0.5) is 5.69 Å². The number of aromatic amines is 1. The Morgan fingerprint density at radius 1 is 1.35 bits per heavy atom. The Labute approximate surface area is 124 Å². The molecule has 20 heavy (non-hydrogen) atoms.